The number of rotatable bonds is 5. The summed E-state index contributed by atoms with van der Waals surface area (Å²) in [6.45, 7) is 6.29. The maximum absolute atomic E-state index is 13.5. The van der Waals surface area contributed by atoms with Crippen LogP contribution in [-0.2, 0) is 6.54 Å². The second kappa shape index (κ2) is 6.38. The van der Waals surface area contributed by atoms with Crippen molar-refractivity contribution < 1.29 is 4.39 Å². The highest BCUT2D eigenvalue weighted by molar-refractivity contribution is 5.47. The van der Waals surface area contributed by atoms with Gasteiger partial charge in [-0.05, 0) is 30.4 Å². The van der Waals surface area contributed by atoms with Crippen LogP contribution in [0.15, 0.2) is 18.2 Å². The van der Waals surface area contributed by atoms with Gasteiger partial charge in [0.25, 0.3) is 0 Å². The maximum atomic E-state index is 13.5. The first-order chi connectivity index (χ1) is 9.08. The fourth-order valence-corrected chi connectivity index (χ4v) is 3.02. The molecule has 0 heterocycles. The highest BCUT2D eigenvalue weighted by Crippen LogP contribution is 2.27. The van der Waals surface area contributed by atoms with Gasteiger partial charge in [-0.15, -0.1) is 0 Å². The smallest absolute Gasteiger partial charge is 0.146 e. The summed E-state index contributed by atoms with van der Waals surface area (Å²) >= 11 is 0. The molecule has 0 aromatic heterocycles. The van der Waals surface area contributed by atoms with Gasteiger partial charge in [0, 0.05) is 19.1 Å². The van der Waals surface area contributed by atoms with Gasteiger partial charge < -0.3 is 5.73 Å². The van der Waals surface area contributed by atoms with Crippen LogP contribution in [-0.4, -0.2) is 17.5 Å². The minimum atomic E-state index is -0.298. The van der Waals surface area contributed by atoms with Gasteiger partial charge in [-0.3, -0.25) is 4.90 Å². The normalized spacial score (nSPS) is 16.7. The Morgan fingerprint density at radius 3 is 2.63 bits per heavy atom. The van der Waals surface area contributed by atoms with E-state index in [9.17, 15) is 4.39 Å². The molecule has 0 amide bonds. The van der Waals surface area contributed by atoms with Gasteiger partial charge in [0.1, 0.15) is 5.82 Å². The van der Waals surface area contributed by atoms with Crippen molar-refractivity contribution in [1.82, 2.24) is 4.90 Å². The Balaban J connectivity index is 2.12. The maximum Gasteiger partial charge on any atom is 0.146 e. The van der Waals surface area contributed by atoms with Gasteiger partial charge in [0.15, 0.2) is 0 Å². The largest absolute Gasteiger partial charge is 0.396 e. The second-order valence-corrected chi connectivity index (χ2v) is 6.07. The van der Waals surface area contributed by atoms with Crippen molar-refractivity contribution >= 4 is 5.69 Å². The molecule has 2 nitrogen and oxygen atoms in total. The van der Waals surface area contributed by atoms with Gasteiger partial charge in [0.2, 0.25) is 0 Å². The molecule has 19 heavy (non-hydrogen) atoms. The Labute approximate surface area is 115 Å². The molecule has 0 bridgehead atoms. The average Bonchev–Trinajstić information content (AvgIpc) is 2.87. The number of nitrogen functional groups attached to an aromatic ring is 1. The van der Waals surface area contributed by atoms with E-state index in [1.165, 1.54) is 31.7 Å². The Bertz CT molecular complexity index is 411. The van der Waals surface area contributed by atoms with E-state index in [1.807, 2.05) is 6.07 Å². The van der Waals surface area contributed by atoms with Crippen LogP contribution in [0.25, 0.3) is 0 Å². The average molecular weight is 264 g/mol. The van der Waals surface area contributed by atoms with E-state index in [4.69, 9.17) is 5.73 Å². The van der Waals surface area contributed by atoms with Crippen LogP contribution in [0.4, 0.5) is 10.1 Å². The third kappa shape index (κ3) is 3.69. The first-order valence-electron chi connectivity index (χ1n) is 7.35. The quantitative estimate of drug-likeness (QED) is 0.819. The fourth-order valence-electron chi connectivity index (χ4n) is 3.02. The molecule has 0 atom stereocenters. The molecule has 0 spiro atoms. The van der Waals surface area contributed by atoms with E-state index < -0.39 is 0 Å². The molecule has 1 aliphatic carbocycles. The number of para-hydroxylation sites is 1. The van der Waals surface area contributed by atoms with Crippen LogP contribution in [0.1, 0.15) is 45.1 Å². The van der Waals surface area contributed by atoms with E-state index in [0.29, 0.717) is 17.6 Å². The van der Waals surface area contributed by atoms with E-state index in [0.717, 1.165) is 18.7 Å². The molecular weight excluding hydrogens is 239 g/mol. The number of anilines is 1. The SMILES string of the molecule is CC(C)CN(Cc1cccc(F)c1N)C1CCCC1. The van der Waals surface area contributed by atoms with E-state index in [1.54, 1.807) is 6.07 Å². The van der Waals surface area contributed by atoms with E-state index >= 15 is 0 Å². The molecule has 1 fully saturated rings. The van der Waals surface area contributed by atoms with Gasteiger partial charge in [-0.2, -0.15) is 0 Å². The zero-order valence-electron chi connectivity index (χ0n) is 12.0. The van der Waals surface area contributed by atoms with Crippen LogP contribution in [0.5, 0.6) is 0 Å². The lowest BCUT2D eigenvalue weighted by atomic mass is 10.1. The van der Waals surface area contributed by atoms with E-state index in [-0.39, 0.29) is 5.82 Å². The van der Waals surface area contributed by atoms with Gasteiger partial charge in [0.05, 0.1) is 5.69 Å². The predicted molar refractivity (Wildman–Crippen MR) is 78.3 cm³/mol. The third-order valence-electron chi connectivity index (χ3n) is 3.96. The highest BCUT2D eigenvalue weighted by atomic mass is 19.1. The van der Waals surface area contributed by atoms with Crippen LogP contribution in [0.3, 0.4) is 0 Å². The van der Waals surface area contributed by atoms with Crippen LogP contribution >= 0.6 is 0 Å². The van der Waals surface area contributed by atoms with Crippen LogP contribution < -0.4 is 5.73 Å². The minimum Gasteiger partial charge on any atom is -0.396 e. The van der Waals surface area contributed by atoms with Crippen molar-refractivity contribution in [3.63, 3.8) is 0 Å². The molecule has 0 saturated heterocycles. The first-order valence-corrected chi connectivity index (χ1v) is 7.35. The van der Waals surface area contributed by atoms with Crippen molar-refractivity contribution in [1.29, 1.82) is 0 Å². The van der Waals surface area contributed by atoms with Gasteiger partial charge in [-0.25, -0.2) is 4.39 Å². The number of benzene rings is 1. The van der Waals surface area contributed by atoms with Crippen molar-refractivity contribution in [3.8, 4) is 0 Å². The Morgan fingerprint density at radius 2 is 2.00 bits per heavy atom. The Morgan fingerprint density at radius 1 is 1.32 bits per heavy atom. The lowest BCUT2D eigenvalue weighted by Crippen LogP contribution is -2.36. The molecule has 0 unspecified atom stereocenters. The third-order valence-corrected chi connectivity index (χ3v) is 3.96. The minimum absolute atomic E-state index is 0.298. The molecule has 106 valence electrons. The topological polar surface area (TPSA) is 29.3 Å². The molecule has 1 aliphatic rings. The lowest BCUT2D eigenvalue weighted by Gasteiger charge is -2.31. The number of hydrogen-bond acceptors (Lipinski definition) is 2. The number of nitrogens with two attached hydrogens (primary N) is 1. The zero-order valence-corrected chi connectivity index (χ0v) is 12.0. The predicted octanol–water partition coefficient (Wildman–Crippen LogP) is 3.81. The summed E-state index contributed by atoms with van der Waals surface area (Å²) in [7, 11) is 0. The number of nitrogens with zero attached hydrogens (tertiary/aromatic N) is 1. The standard InChI is InChI=1S/C16H25FN2/c1-12(2)10-19(14-7-3-4-8-14)11-13-6-5-9-15(17)16(13)18/h5-6,9,12,14H,3-4,7-8,10-11,18H2,1-2H3. The van der Waals surface area contributed by atoms with Crippen molar-refractivity contribution in [2.24, 2.45) is 5.92 Å². The molecule has 1 aromatic carbocycles. The van der Waals surface area contributed by atoms with Crippen molar-refractivity contribution in [2.45, 2.75) is 52.1 Å². The van der Waals surface area contributed by atoms with Crippen molar-refractivity contribution in [2.75, 3.05) is 12.3 Å². The molecular formula is C16H25FN2. The van der Waals surface area contributed by atoms with Gasteiger partial charge in [-0.1, -0.05) is 38.8 Å². The molecule has 1 aromatic rings. The lowest BCUT2D eigenvalue weighted by molar-refractivity contribution is 0.169. The van der Waals surface area contributed by atoms with Crippen molar-refractivity contribution in [3.05, 3.63) is 29.6 Å². The summed E-state index contributed by atoms with van der Waals surface area (Å²) in [6, 6.07) is 5.77. The monoisotopic (exact) mass is 264 g/mol. The molecule has 0 radical (unpaired) electrons. The summed E-state index contributed by atoms with van der Waals surface area (Å²) in [5.41, 5.74) is 7.10. The summed E-state index contributed by atoms with van der Waals surface area (Å²) in [4.78, 5) is 2.49. The summed E-state index contributed by atoms with van der Waals surface area (Å²) in [6.07, 6.45) is 5.17. The number of halogens is 1. The summed E-state index contributed by atoms with van der Waals surface area (Å²) in [5.74, 6) is 0.323. The highest BCUT2D eigenvalue weighted by Gasteiger charge is 2.23. The van der Waals surface area contributed by atoms with E-state index in [2.05, 4.69) is 18.7 Å². The van der Waals surface area contributed by atoms with Gasteiger partial charge >= 0.3 is 0 Å². The first kappa shape index (κ1) is 14.3. The Hall–Kier alpha value is -1.09. The molecule has 2 rings (SSSR count). The molecule has 2 N–H and O–H groups in total. The van der Waals surface area contributed by atoms with Crippen LogP contribution in [0.2, 0.25) is 0 Å². The fraction of sp³-hybridized carbons (Fsp3) is 0.625. The zero-order chi connectivity index (χ0) is 13.8. The summed E-state index contributed by atoms with van der Waals surface area (Å²) in [5, 5.41) is 0. The Kier molecular flexibility index (Phi) is 4.81. The number of hydrogen-bond donors (Lipinski definition) is 1. The molecule has 1 saturated carbocycles. The molecule has 3 heteroatoms. The second-order valence-electron chi connectivity index (χ2n) is 6.07. The van der Waals surface area contributed by atoms with Crippen LogP contribution in [0, 0.1) is 11.7 Å². The molecule has 0 aliphatic heterocycles. The summed E-state index contributed by atoms with van der Waals surface area (Å²) < 4.78 is 13.5.